The highest BCUT2D eigenvalue weighted by molar-refractivity contribution is 5.95. The molecule has 2 fully saturated rings. The molecule has 26 heavy (non-hydrogen) atoms. The van der Waals surface area contributed by atoms with Crippen LogP contribution in [-0.2, 0) is 0 Å². The Bertz CT molecular complexity index is 674. The Morgan fingerprint density at radius 3 is 2.54 bits per heavy atom. The second kappa shape index (κ2) is 8.34. The first-order chi connectivity index (χ1) is 12.6. The minimum atomic E-state index is -0.0473. The van der Waals surface area contributed by atoms with E-state index < -0.39 is 0 Å². The second-order valence-corrected chi connectivity index (χ2v) is 7.12. The Morgan fingerprint density at radius 1 is 1.19 bits per heavy atom. The quantitative estimate of drug-likeness (QED) is 0.844. The average molecular weight is 356 g/mol. The third-order valence-corrected chi connectivity index (χ3v) is 5.25. The van der Waals surface area contributed by atoms with Crippen molar-refractivity contribution in [2.45, 2.75) is 38.5 Å². The van der Waals surface area contributed by atoms with Crippen LogP contribution in [0.2, 0.25) is 0 Å². The average Bonchev–Trinajstić information content (AvgIpc) is 3.20. The van der Waals surface area contributed by atoms with Crippen molar-refractivity contribution in [1.82, 2.24) is 20.1 Å². The Labute approximate surface area is 155 Å². The van der Waals surface area contributed by atoms with Crippen LogP contribution in [0.1, 0.15) is 53.3 Å². The number of nitrogens with one attached hydrogen (secondary N) is 1. The van der Waals surface area contributed by atoms with Gasteiger partial charge >= 0.3 is 6.03 Å². The molecule has 6 nitrogen and oxygen atoms in total. The molecule has 3 heterocycles. The highest BCUT2D eigenvalue weighted by Gasteiger charge is 2.29. The first-order valence-corrected chi connectivity index (χ1v) is 9.50. The van der Waals surface area contributed by atoms with Gasteiger partial charge in [-0.3, -0.25) is 9.78 Å². The number of aromatic nitrogens is 1. The van der Waals surface area contributed by atoms with Gasteiger partial charge in [0.1, 0.15) is 0 Å². The summed E-state index contributed by atoms with van der Waals surface area (Å²) >= 11 is 0. The summed E-state index contributed by atoms with van der Waals surface area (Å²) < 4.78 is 0. The smallest absolute Gasteiger partial charge is 0.317 e. The lowest BCUT2D eigenvalue weighted by Gasteiger charge is -2.32. The van der Waals surface area contributed by atoms with Gasteiger partial charge in [0.15, 0.2) is 0 Å². The topological polar surface area (TPSA) is 65.5 Å². The predicted molar refractivity (Wildman–Crippen MR) is 101 cm³/mol. The van der Waals surface area contributed by atoms with Gasteiger partial charge in [0.25, 0.3) is 5.91 Å². The number of pyridine rings is 1. The number of carbonyl (C=O) groups is 2. The van der Waals surface area contributed by atoms with Gasteiger partial charge in [-0.25, -0.2) is 4.79 Å². The van der Waals surface area contributed by atoms with Crippen LogP contribution in [0.5, 0.6) is 0 Å². The fraction of sp³-hybridized carbons (Fsp3) is 0.550. The van der Waals surface area contributed by atoms with Crippen LogP contribution in [-0.4, -0.2) is 59.4 Å². The van der Waals surface area contributed by atoms with Crippen LogP contribution in [0.25, 0.3) is 0 Å². The van der Waals surface area contributed by atoms with Gasteiger partial charge in [-0.05, 0) is 44.7 Å². The molecule has 3 rings (SSSR count). The predicted octanol–water partition coefficient (Wildman–Crippen LogP) is 2.70. The molecule has 2 aliphatic heterocycles. The number of aryl methyl sites for hydroxylation is 1. The van der Waals surface area contributed by atoms with Gasteiger partial charge in [-0.1, -0.05) is 6.08 Å². The molecule has 0 bridgehead atoms. The van der Waals surface area contributed by atoms with Gasteiger partial charge < -0.3 is 15.1 Å². The van der Waals surface area contributed by atoms with Gasteiger partial charge in [-0.2, -0.15) is 0 Å². The summed E-state index contributed by atoms with van der Waals surface area (Å²) in [5.74, 6) is 0.330. The normalized spacial score (nSPS) is 18.0. The molecule has 2 aliphatic rings. The van der Waals surface area contributed by atoms with Gasteiger partial charge in [-0.15, -0.1) is 6.58 Å². The zero-order valence-electron chi connectivity index (χ0n) is 15.5. The van der Waals surface area contributed by atoms with Crippen molar-refractivity contribution in [2.24, 2.45) is 0 Å². The molecule has 0 radical (unpaired) electrons. The number of amides is 3. The summed E-state index contributed by atoms with van der Waals surface area (Å²) in [4.78, 5) is 33.5. The Morgan fingerprint density at radius 2 is 1.88 bits per heavy atom. The molecule has 0 aliphatic carbocycles. The Hall–Kier alpha value is -2.37. The summed E-state index contributed by atoms with van der Waals surface area (Å²) in [6.07, 6.45) is 5.51. The van der Waals surface area contributed by atoms with E-state index in [0.29, 0.717) is 19.6 Å². The molecule has 0 unspecified atom stereocenters. The fourth-order valence-electron chi connectivity index (χ4n) is 3.79. The molecular weight excluding hydrogens is 328 g/mol. The van der Waals surface area contributed by atoms with Crippen LogP contribution in [0.15, 0.2) is 24.8 Å². The maximum atomic E-state index is 12.9. The van der Waals surface area contributed by atoms with E-state index in [4.69, 9.17) is 4.98 Å². The van der Waals surface area contributed by atoms with E-state index in [1.807, 2.05) is 28.9 Å². The zero-order valence-corrected chi connectivity index (χ0v) is 15.5. The minimum absolute atomic E-state index is 0.0473. The van der Waals surface area contributed by atoms with Crippen molar-refractivity contribution < 1.29 is 9.59 Å². The lowest BCUT2D eigenvalue weighted by atomic mass is 9.90. The lowest BCUT2D eigenvalue weighted by molar-refractivity contribution is 0.0789. The van der Waals surface area contributed by atoms with E-state index in [1.54, 1.807) is 6.08 Å². The Balaban J connectivity index is 1.71. The van der Waals surface area contributed by atoms with E-state index in [9.17, 15) is 9.59 Å². The standard InChI is InChI=1S/C20H28N4O2/c1-3-10-21-20(26)24-13-8-16(9-14-24)18-17(7-6-15(2)22-18)19(25)23-11-4-5-12-23/h3,6-7,16H,1,4-5,8-14H2,2H3,(H,21,26). The van der Waals surface area contributed by atoms with E-state index >= 15 is 0 Å². The zero-order chi connectivity index (χ0) is 18.5. The lowest BCUT2D eigenvalue weighted by Crippen LogP contribution is -2.44. The van der Waals surface area contributed by atoms with Crippen LogP contribution in [0, 0.1) is 6.92 Å². The molecule has 1 aromatic heterocycles. The Kier molecular flexibility index (Phi) is 5.91. The highest BCUT2D eigenvalue weighted by Crippen LogP contribution is 2.30. The van der Waals surface area contributed by atoms with Gasteiger partial charge in [0.05, 0.1) is 11.3 Å². The van der Waals surface area contributed by atoms with Crippen molar-refractivity contribution in [1.29, 1.82) is 0 Å². The molecule has 1 aromatic rings. The first-order valence-electron chi connectivity index (χ1n) is 9.50. The van der Waals surface area contributed by atoms with Crippen molar-refractivity contribution in [3.8, 4) is 0 Å². The van der Waals surface area contributed by atoms with Crippen molar-refractivity contribution in [3.63, 3.8) is 0 Å². The number of nitrogens with zero attached hydrogens (tertiary/aromatic N) is 3. The highest BCUT2D eigenvalue weighted by atomic mass is 16.2. The molecule has 0 spiro atoms. The van der Waals surface area contributed by atoms with Gasteiger partial charge in [0, 0.05) is 44.3 Å². The van der Waals surface area contributed by atoms with E-state index in [-0.39, 0.29) is 17.9 Å². The SMILES string of the molecule is C=CCNC(=O)N1CCC(c2nc(C)ccc2C(=O)N2CCCC2)CC1. The molecule has 0 saturated carbocycles. The molecule has 0 atom stereocenters. The van der Waals surface area contributed by atoms with E-state index in [1.165, 1.54) is 0 Å². The summed E-state index contributed by atoms with van der Waals surface area (Å²) in [7, 11) is 0. The summed E-state index contributed by atoms with van der Waals surface area (Å²) in [6, 6.07) is 3.81. The van der Waals surface area contributed by atoms with Crippen LogP contribution in [0.3, 0.4) is 0 Å². The summed E-state index contributed by atoms with van der Waals surface area (Å²) in [5, 5.41) is 2.82. The number of likely N-dealkylation sites (tertiary alicyclic amines) is 2. The van der Waals surface area contributed by atoms with Crippen molar-refractivity contribution in [2.75, 3.05) is 32.7 Å². The van der Waals surface area contributed by atoms with Crippen molar-refractivity contribution >= 4 is 11.9 Å². The van der Waals surface area contributed by atoms with Crippen LogP contribution >= 0.6 is 0 Å². The number of carbonyl (C=O) groups excluding carboxylic acids is 2. The summed E-state index contributed by atoms with van der Waals surface area (Å²) in [6.45, 7) is 9.11. The monoisotopic (exact) mass is 356 g/mol. The molecule has 3 amide bonds. The van der Waals surface area contributed by atoms with E-state index in [2.05, 4.69) is 11.9 Å². The molecule has 6 heteroatoms. The molecule has 140 valence electrons. The van der Waals surface area contributed by atoms with Crippen LogP contribution in [0.4, 0.5) is 4.79 Å². The molecule has 1 N–H and O–H groups in total. The molecule has 2 saturated heterocycles. The first kappa shape index (κ1) is 18.4. The second-order valence-electron chi connectivity index (χ2n) is 7.12. The summed E-state index contributed by atoms with van der Waals surface area (Å²) in [5.41, 5.74) is 2.59. The minimum Gasteiger partial charge on any atom is -0.339 e. The van der Waals surface area contributed by atoms with Crippen LogP contribution < -0.4 is 5.32 Å². The largest absolute Gasteiger partial charge is 0.339 e. The van der Waals surface area contributed by atoms with Crippen molar-refractivity contribution in [3.05, 3.63) is 41.7 Å². The number of hydrogen-bond acceptors (Lipinski definition) is 3. The maximum absolute atomic E-state index is 12.9. The number of hydrogen-bond donors (Lipinski definition) is 1. The fourth-order valence-corrected chi connectivity index (χ4v) is 3.79. The maximum Gasteiger partial charge on any atom is 0.317 e. The molecular formula is C20H28N4O2. The third kappa shape index (κ3) is 4.06. The third-order valence-electron chi connectivity index (χ3n) is 5.25. The number of rotatable bonds is 4. The van der Waals surface area contributed by atoms with E-state index in [0.717, 1.165) is 55.7 Å². The van der Waals surface area contributed by atoms with Gasteiger partial charge in [0.2, 0.25) is 0 Å². The molecule has 0 aromatic carbocycles. The number of urea groups is 1. The number of piperidine rings is 1.